The fraction of sp³-hybridized carbons (Fsp3) is 0.933. The second-order valence-corrected chi connectivity index (χ2v) is 6.81. The van der Waals surface area contributed by atoms with Crippen molar-refractivity contribution in [3.8, 4) is 0 Å². The van der Waals surface area contributed by atoms with E-state index in [1.807, 2.05) is 0 Å². The Kier molecular flexibility index (Phi) is 3.35. The van der Waals surface area contributed by atoms with E-state index in [4.69, 9.17) is 0 Å². The number of likely N-dealkylation sites (tertiary alicyclic amines) is 1. The second-order valence-electron chi connectivity index (χ2n) is 6.81. The molecule has 1 N–H and O–H groups in total. The van der Waals surface area contributed by atoms with Gasteiger partial charge in [-0.05, 0) is 37.1 Å². The summed E-state index contributed by atoms with van der Waals surface area (Å²) in [7, 11) is 0. The van der Waals surface area contributed by atoms with Crippen LogP contribution in [0.1, 0.15) is 45.4 Å². The van der Waals surface area contributed by atoms with E-state index in [0.717, 1.165) is 26.2 Å². The lowest BCUT2D eigenvalue weighted by Gasteiger charge is -2.33. The fourth-order valence-corrected chi connectivity index (χ4v) is 4.21. The van der Waals surface area contributed by atoms with Gasteiger partial charge in [0.05, 0.1) is 5.92 Å². The van der Waals surface area contributed by atoms with Crippen molar-refractivity contribution in [2.75, 3.05) is 26.2 Å². The quantitative estimate of drug-likeness (QED) is 0.772. The highest BCUT2D eigenvalue weighted by Gasteiger charge is 2.43. The zero-order valence-electron chi connectivity index (χ0n) is 11.6. The van der Waals surface area contributed by atoms with Crippen molar-refractivity contribution in [3.63, 3.8) is 0 Å². The minimum absolute atomic E-state index is 0.240. The Morgan fingerprint density at radius 2 is 1.94 bits per heavy atom. The molecule has 0 aromatic rings. The first-order valence-electron chi connectivity index (χ1n) is 7.70. The third-order valence-corrected chi connectivity index (χ3v) is 5.50. The van der Waals surface area contributed by atoms with Gasteiger partial charge in [-0.25, -0.2) is 0 Å². The van der Waals surface area contributed by atoms with Gasteiger partial charge in [-0.15, -0.1) is 0 Å². The first-order chi connectivity index (χ1) is 8.70. The molecule has 18 heavy (non-hydrogen) atoms. The number of rotatable bonds is 1. The molecule has 0 aromatic carbocycles. The van der Waals surface area contributed by atoms with Crippen LogP contribution >= 0.6 is 0 Å². The van der Waals surface area contributed by atoms with Crippen LogP contribution in [0.15, 0.2) is 0 Å². The van der Waals surface area contributed by atoms with Gasteiger partial charge in [-0.1, -0.05) is 26.2 Å². The summed E-state index contributed by atoms with van der Waals surface area (Å²) in [4.78, 5) is 14.7. The summed E-state index contributed by atoms with van der Waals surface area (Å²) in [5.41, 5.74) is 0.503. The van der Waals surface area contributed by atoms with E-state index in [9.17, 15) is 4.79 Å². The number of hydrogen-bond acceptors (Lipinski definition) is 2. The minimum atomic E-state index is 0.240. The van der Waals surface area contributed by atoms with Crippen molar-refractivity contribution < 1.29 is 4.79 Å². The van der Waals surface area contributed by atoms with Crippen molar-refractivity contribution in [2.24, 2.45) is 17.3 Å². The molecular weight excluding hydrogens is 224 g/mol. The monoisotopic (exact) mass is 250 g/mol. The zero-order valence-corrected chi connectivity index (χ0v) is 11.6. The van der Waals surface area contributed by atoms with Gasteiger partial charge in [-0.3, -0.25) is 4.79 Å². The van der Waals surface area contributed by atoms with Crippen molar-refractivity contribution in [2.45, 2.75) is 45.4 Å². The van der Waals surface area contributed by atoms with E-state index < -0.39 is 0 Å². The summed E-state index contributed by atoms with van der Waals surface area (Å²) in [5, 5.41) is 3.35. The molecule has 0 unspecified atom stereocenters. The predicted molar refractivity (Wildman–Crippen MR) is 72.2 cm³/mol. The summed E-state index contributed by atoms with van der Waals surface area (Å²) in [6.07, 6.45) is 8.13. The molecule has 102 valence electrons. The molecule has 2 aliphatic heterocycles. The third kappa shape index (κ3) is 2.18. The summed E-state index contributed by atoms with van der Waals surface area (Å²) in [6.45, 7) is 6.17. The van der Waals surface area contributed by atoms with Crippen molar-refractivity contribution in [1.29, 1.82) is 0 Å². The standard InChI is InChI=1S/C15H26N2O/c1-12-9-16-10-13(12)14(18)17-8-7-15(11-17)5-3-2-4-6-15/h12-13,16H,2-11H2,1H3/t12-,13-/m1/s1. The third-order valence-electron chi connectivity index (χ3n) is 5.50. The zero-order chi connectivity index (χ0) is 12.6. The van der Waals surface area contributed by atoms with Crippen LogP contribution in [0.5, 0.6) is 0 Å². The molecule has 1 amide bonds. The first-order valence-corrected chi connectivity index (χ1v) is 7.70. The molecule has 2 atom stereocenters. The molecule has 0 aromatic heterocycles. The smallest absolute Gasteiger partial charge is 0.227 e. The normalized spacial score (nSPS) is 35.3. The predicted octanol–water partition coefficient (Wildman–Crippen LogP) is 2.02. The fourth-order valence-electron chi connectivity index (χ4n) is 4.21. The Morgan fingerprint density at radius 1 is 1.17 bits per heavy atom. The van der Waals surface area contributed by atoms with Crippen LogP contribution < -0.4 is 5.32 Å². The maximum atomic E-state index is 12.6. The van der Waals surface area contributed by atoms with Crippen molar-refractivity contribution >= 4 is 5.91 Å². The van der Waals surface area contributed by atoms with Gasteiger partial charge in [0.1, 0.15) is 0 Å². The number of hydrogen-bond donors (Lipinski definition) is 1. The Balaban J connectivity index is 1.62. The van der Waals surface area contributed by atoms with Crippen molar-refractivity contribution in [1.82, 2.24) is 10.2 Å². The summed E-state index contributed by atoms with van der Waals surface area (Å²) >= 11 is 0. The van der Waals surface area contributed by atoms with Gasteiger partial charge < -0.3 is 10.2 Å². The average molecular weight is 250 g/mol. The maximum Gasteiger partial charge on any atom is 0.227 e. The molecule has 0 radical (unpaired) electrons. The molecule has 2 heterocycles. The summed E-state index contributed by atoms with van der Waals surface area (Å²) in [6, 6.07) is 0. The number of nitrogens with one attached hydrogen (secondary N) is 1. The highest BCUT2D eigenvalue weighted by atomic mass is 16.2. The summed E-state index contributed by atoms with van der Waals surface area (Å²) < 4.78 is 0. The lowest BCUT2D eigenvalue weighted by Crippen LogP contribution is -2.39. The lowest BCUT2D eigenvalue weighted by atomic mass is 9.73. The Morgan fingerprint density at radius 3 is 2.61 bits per heavy atom. The maximum absolute atomic E-state index is 12.6. The number of nitrogens with zero attached hydrogens (tertiary/aromatic N) is 1. The number of carbonyl (C=O) groups is 1. The second kappa shape index (κ2) is 4.84. The van der Waals surface area contributed by atoms with E-state index >= 15 is 0 Å². The molecule has 3 aliphatic rings. The molecule has 3 nitrogen and oxygen atoms in total. The van der Waals surface area contributed by atoms with Crippen molar-refractivity contribution in [3.05, 3.63) is 0 Å². The summed E-state index contributed by atoms with van der Waals surface area (Å²) in [5.74, 6) is 1.18. The highest BCUT2D eigenvalue weighted by molar-refractivity contribution is 5.80. The molecule has 3 fully saturated rings. The molecule has 2 saturated heterocycles. The molecule has 3 heteroatoms. The van der Waals surface area contributed by atoms with E-state index in [-0.39, 0.29) is 5.92 Å². The molecule has 1 aliphatic carbocycles. The molecular formula is C15H26N2O. The topological polar surface area (TPSA) is 32.3 Å². The highest BCUT2D eigenvalue weighted by Crippen LogP contribution is 2.44. The van der Waals surface area contributed by atoms with Crippen LogP contribution in [-0.2, 0) is 4.79 Å². The molecule has 1 spiro atoms. The van der Waals surface area contributed by atoms with Gasteiger partial charge in [0.15, 0.2) is 0 Å². The van der Waals surface area contributed by atoms with Crippen LogP contribution in [0, 0.1) is 17.3 Å². The number of carbonyl (C=O) groups excluding carboxylic acids is 1. The van der Waals surface area contributed by atoms with Crippen LogP contribution in [-0.4, -0.2) is 37.0 Å². The average Bonchev–Trinajstić information content (AvgIpc) is 2.97. The van der Waals surface area contributed by atoms with Crippen LogP contribution in [0.25, 0.3) is 0 Å². The molecule has 1 saturated carbocycles. The first kappa shape index (κ1) is 12.5. The number of amides is 1. The molecule has 3 rings (SSSR count). The largest absolute Gasteiger partial charge is 0.342 e. The van der Waals surface area contributed by atoms with E-state index in [1.54, 1.807) is 0 Å². The van der Waals surface area contributed by atoms with Crippen LogP contribution in [0.4, 0.5) is 0 Å². The Hall–Kier alpha value is -0.570. The van der Waals surface area contributed by atoms with Gasteiger partial charge in [-0.2, -0.15) is 0 Å². The Bertz CT molecular complexity index is 322. The lowest BCUT2D eigenvalue weighted by molar-refractivity contribution is -0.135. The van der Waals surface area contributed by atoms with E-state index in [0.29, 0.717) is 17.2 Å². The van der Waals surface area contributed by atoms with Gasteiger partial charge >= 0.3 is 0 Å². The van der Waals surface area contributed by atoms with E-state index in [1.165, 1.54) is 38.5 Å². The van der Waals surface area contributed by atoms with Crippen LogP contribution in [0.3, 0.4) is 0 Å². The minimum Gasteiger partial charge on any atom is -0.342 e. The van der Waals surface area contributed by atoms with Crippen LogP contribution in [0.2, 0.25) is 0 Å². The van der Waals surface area contributed by atoms with Gasteiger partial charge in [0.25, 0.3) is 0 Å². The SMILES string of the molecule is C[C@@H]1CNC[C@H]1C(=O)N1CCC2(CCCCC2)C1. The molecule has 0 bridgehead atoms. The van der Waals surface area contributed by atoms with Gasteiger partial charge in [0, 0.05) is 19.6 Å². The van der Waals surface area contributed by atoms with E-state index in [2.05, 4.69) is 17.1 Å². The van der Waals surface area contributed by atoms with Gasteiger partial charge in [0.2, 0.25) is 5.91 Å². The Labute approximate surface area is 110 Å².